The number of rotatable bonds is 10. The highest BCUT2D eigenvalue weighted by atomic mass is 16.6. The molecule has 0 radical (unpaired) electrons. The molecule has 0 heterocycles. The van der Waals surface area contributed by atoms with Crippen LogP contribution in [0.25, 0.3) is 0 Å². The molecule has 0 N–H and O–H groups in total. The van der Waals surface area contributed by atoms with Crippen LogP contribution in [0.4, 0.5) is 0 Å². The van der Waals surface area contributed by atoms with Crippen molar-refractivity contribution in [2.75, 3.05) is 19.6 Å². The van der Waals surface area contributed by atoms with Gasteiger partial charge in [0.1, 0.15) is 17.8 Å². The lowest BCUT2D eigenvalue weighted by Gasteiger charge is -2.26. The molecule has 1 rings (SSSR count). The van der Waals surface area contributed by atoms with Crippen LogP contribution in [-0.2, 0) is 35.2 Å². The van der Waals surface area contributed by atoms with Crippen LogP contribution < -0.4 is 0 Å². The van der Waals surface area contributed by atoms with E-state index in [1.54, 1.807) is 46.4 Å². The predicted molar refractivity (Wildman–Crippen MR) is 114 cm³/mol. The minimum Gasteiger partial charge on any atom is -0.461 e. The molecule has 30 heavy (non-hydrogen) atoms. The molecule has 0 aliphatic carbocycles. The molecule has 0 saturated carbocycles. The molecule has 0 aliphatic rings. The molecule has 0 fully saturated rings. The van der Waals surface area contributed by atoms with Crippen LogP contribution in [0, 0.1) is 0 Å². The van der Waals surface area contributed by atoms with Crippen molar-refractivity contribution in [1.29, 1.82) is 0 Å². The van der Waals surface area contributed by atoms with Crippen molar-refractivity contribution in [2.24, 2.45) is 0 Å². The van der Waals surface area contributed by atoms with Gasteiger partial charge < -0.3 is 14.2 Å². The Morgan fingerprint density at radius 1 is 0.800 bits per heavy atom. The van der Waals surface area contributed by atoms with Crippen molar-refractivity contribution < 1.29 is 28.6 Å². The first-order chi connectivity index (χ1) is 13.8. The number of hydrogen-bond acceptors (Lipinski definition) is 7. The van der Waals surface area contributed by atoms with Gasteiger partial charge in [0.05, 0.1) is 13.1 Å². The molecule has 1 aromatic carbocycles. The van der Waals surface area contributed by atoms with Gasteiger partial charge in [-0.05, 0) is 60.1 Å². The Kier molecular flexibility index (Phi) is 9.99. The van der Waals surface area contributed by atoms with Crippen LogP contribution in [0.5, 0.6) is 0 Å². The summed E-state index contributed by atoms with van der Waals surface area (Å²) < 4.78 is 15.9. The summed E-state index contributed by atoms with van der Waals surface area (Å²) in [7, 11) is 0. The molecule has 0 unspecified atom stereocenters. The molecule has 1 aromatic rings. The number of hydrogen-bond donors (Lipinski definition) is 0. The zero-order valence-corrected chi connectivity index (χ0v) is 19.0. The van der Waals surface area contributed by atoms with E-state index in [-0.39, 0.29) is 32.1 Å². The Morgan fingerprint density at radius 3 is 1.77 bits per heavy atom. The fourth-order valence-corrected chi connectivity index (χ4v) is 2.58. The van der Waals surface area contributed by atoms with Gasteiger partial charge >= 0.3 is 17.9 Å². The van der Waals surface area contributed by atoms with Crippen LogP contribution in [-0.4, -0.2) is 53.6 Å². The smallest absolute Gasteiger partial charge is 0.320 e. The van der Waals surface area contributed by atoms with Gasteiger partial charge in [-0.1, -0.05) is 30.3 Å². The second-order valence-corrected chi connectivity index (χ2v) is 9.13. The first-order valence-electron chi connectivity index (χ1n) is 10.2. The van der Waals surface area contributed by atoms with Crippen molar-refractivity contribution in [1.82, 2.24) is 4.90 Å². The van der Waals surface area contributed by atoms with Gasteiger partial charge in [-0.2, -0.15) is 0 Å². The maximum atomic E-state index is 12.2. The lowest BCUT2D eigenvalue weighted by molar-refractivity contribution is -0.159. The van der Waals surface area contributed by atoms with Crippen molar-refractivity contribution in [3.63, 3.8) is 0 Å². The van der Waals surface area contributed by atoms with E-state index in [1.165, 1.54) is 0 Å². The molecular formula is C23H35NO6. The molecule has 0 spiro atoms. The summed E-state index contributed by atoms with van der Waals surface area (Å²) in [6, 6.07) is 9.44. The summed E-state index contributed by atoms with van der Waals surface area (Å²) >= 11 is 0. The van der Waals surface area contributed by atoms with E-state index >= 15 is 0 Å². The molecule has 7 heteroatoms. The zero-order valence-electron chi connectivity index (χ0n) is 19.0. The molecule has 0 aliphatic heterocycles. The average molecular weight is 422 g/mol. The average Bonchev–Trinajstić information content (AvgIpc) is 2.57. The Morgan fingerprint density at radius 2 is 1.30 bits per heavy atom. The highest BCUT2D eigenvalue weighted by Crippen LogP contribution is 2.11. The summed E-state index contributed by atoms with van der Waals surface area (Å²) in [4.78, 5) is 38.0. The number of ether oxygens (including phenoxy) is 3. The van der Waals surface area contributed by atoms with Crippen LogP contribution in [0.15, 0.2) is 30.3 Å². The minimum atomic E-state index is -0.615. The summed E-state index contributed by atoms with van der Waals surface area (Å²) in [6.45, 7) is 11.2. The van der Waals surface area contributed by atoms with Crippen molar-refractivity contribution >= 4 is 17.9 Å². The standard InChI is InChI=1S/C23H35NO6/c1-22(2,3)29-20(26)15-24(16-21(27)30-23(4,5)6)14-10-13-19(25)28-17-18-11-8-7-9-12-18/h7-9,11-12H,10,13-17H2,1-6H3. The van der Waals surface area contributed by atoms with Crippen molar-refractivity contribution in [3.05, 3.63) is 35.9 Å². The van der Waals surface area contributed by atoms with Gasteiger partial charge in [0.15, 0.2) is 0 Å². The quantitative estimate of drug-likeness (QED) is 0.422. The third kappa shape index (κ3) is 12.9. The maximum absolute atomic E-state index is 12.2. The van der Waals surface area contributed by atoms with E-state index in [0.29, 0.717) is 13.0 Å². The first kappa shape index (κ1) is 25.6. The van der Waals surface area contributed by atoms with Crippen molar-refractivity contribution in [2.45, 2.75) is 72.2 Å². The van der Waals surface area contributed by atoms with Crippen molar-refractivity contribution in [3.8, 4) is 0 Å². The zero-order chi connectivity index (χ0) is 22.8. The summed E-state index contributed by atoms with van der Waals surface area (Å²) in [5, 5.41) is 0. The lowest BCUT2D eigenvalue weighted by Crippen LogP contribution is -2.40. The Balaban J connectivity index is 2.53. The normalized spacial score (nSPS) is 11.8. The molecule has 0 bridgehead atoms. The highest BCUT2D eigenvalue weighted by molar-refractivity contribution is 5.75. The minimum absolute atomic E-state index is 0.0599. The molecule has 0 saturated heterocycles. The fourth-order valence-electron chi connectivity index (χ4n) is 2.58. The number of esters is 3. The summed E-state index contributed by atoms with van der Waals surface area (Å²) in [6.07, 6.45) is 0.630. The SMILES string of the molecule is CC(C)(C)OC(=O)CN(CCCC(=O)OCc1ccccc1)CC(=O)OC(C)(C)C. The highest BCUT2D eigenvalue weighted by Gasteiger charge is 2.23. The van der Waals surface area contributed by atoms with Gasteiger partial charge in [0.25, 0.3) is 0 Å². The summed E-state index contributed by atoms with van der Waals surface area (Å²) in [5.41, 5.74) is -0.312. The monoisotopic (exact) mass is 421 g/mol. The van der Waals surface area contributed by atoms with Crippen LogP contribution in [0.1, 0.15) is 59.9 Å². The van der Waals surface area contributed by atoms with E-state index in [1.807, 2.05) is 30.3 Å². The van der Waals surface area contributed by atoms with Crippen LogP contribution in [0.2, 0.25) is 0 Å². The van der Waals surface area contributed by atoms with E-state index in [9.17, 15) is 14.4 Å². The topological polar surface area (TPSA) is 82.1 Å². The summed E-state index contributed by atoms with van der Waals surface area (Å²) in [5.74, 6) is -1.19. The second kappa shape index (κ2) is 11.7. The molecule has 7 nitrogen and oxygen atoms in total. The third-order valence-electron chi connectivity index (χ3n) is 3.64. The third-order valence-corrected chi connectivity index (χ3v) is 3.64. The Hall–Kier alpha value is -2.41. The second-order valence-electron chi connectivity index (χ2n) is 9.13. The van der Waals surface area contributed by atoms with E-state index in [4.69, 9.17) is 14.2 Å². The van der Waals surface area contributed by atoms with Crippen LogP contribution in [0.3, 0.4) is 0 Å². The molecule has 0 amide bonds. The Labute approximate surface area is 179 Å². The lowest BCUT2D eigenvalue weighted by atomic mass is 10.2. The van der Waals surface area contributed by atoms with Gasteiger partial charge in [-0.15, -0.1) is 0 Å². The predicted octanol–water partition coefficient (Wildman–Crippen LogP) is 3.50. The molecule has 168 valence electrons. The fraction of sp³-hybridized carbons (Fsp3) is 0.609. The number of benzene rings is 1. The van der Waals surface area contributed by atoms with Gasteiger partial charge in [-0.25, -0.2) is 0 Å². The Bertz CT molecular complexity index is 658. The maximum Gasteiger partial charge on any atom is 0.320 e. The number of carbonyl (C=O) groups excluding carboxylic acids is 3. The van der Waals surface area contributed by atoms with Gasteiger partial charge in [-0.3, -0.25) is 19.3 Å². The number of carbonyl (C=O) groups is 3. The van der Waals surface area contributed by atoms with Gasteiger partial charge in [0, 0.05) is 6.42 Å². The molecule has 0 aromatic heterocycles. The van der Waals surface area contributed by atoms with E-state index in [0.717, 1.165) is 5.56 Å². The number of nitrogens with zero attached hydrogens (tertiary/aromatic N) is 1. The van der Waals surface area contributed by atoms with E-state index < -0.39 is 23.1 Å². The van der Waals surface area contributed by atoms with Crippen LogP contribution >= 0.6 is 0 Å². The molecular weight excluding hydrogens is 386 g/mol. The van der Waals surface area contributed by atoms with Gasteiger partial charge in [0.2, 0.25) is 0 Å². The van der Waals surface area contributed by atoms with E-state index in [2.05, 4.69) is 0 Å². The molecule has 0 atom stereocenters. The first-order valence-corrected chi connectivity index (χ1v) is 10.2. The largest absolute Gasteiger partial charge is 0.461 e.